The summed E-state index contributed by atoms with van der Waals surface area (Å²) in [6, 6.07) is 32.4. The lowest BCUT2D eigenvalue weighted by molar-refractivity contribution is -0.138. The highest BCUT2D eigenvalue weighted by molar-refractivity contribution is 5.97. The van der Waals surface area contributed by atoms with E-state index in [0.29, 0.717) is 17.4 Å². The number of aliphatic hydroxyl groups is 2. The average Bonchev–Trinajstić information content (AvgIpc) is 3.09. The maximum Gasteiger partial charge on any atom is 0.209 e. The molecule has 1 aliphatic rings. The Morgan fingerprint density at radius 2 is 0.885 bits per heavy atom. The maximum atomic E-state index is 14.0. The zero-order valence-corrected chi connectivity index (χ0v) is 33.6. The van der Waals surface area contributed by atoms with Crippen molar-refractivity contribution in [3.8, 4) is 0 Å². The Hall–Kier alpha value is -3.98. The van der Waals surface area contributed by atoms with E-state index in [1.807, 2.05) is 12.1 Å². The molecule has 0 unspecified atom stereocenters. The third kappa shape index (κ3) is 6.06. The van der Waals surface area contributed by atoms with Crippen LogP contribution in [0.3, 0.4) is 0 Å². The molecule has 0 spiro atoms. The van der Waals surface area contributed by atoms with E-state index in [1.54, 1.807) is 0 Å². The Bertz CT molecular complexity index is 2100. The fraction of sp³-hybridized carbons (Fsp3) is 0.400. The van der Waals surface area contributed by atoms with Crippen LogP contribution >= 0.6 is 0 Å². The lowest BCUT2D eigenvalue weighted by atomic mass is 9.56. The molecule has 0 atom stereocenters. The largest absolute Gasteiger partial charge is 0.361 e. The van der Waals surface area contributed by atoms with E-state index in [4.69, 9.17) is 0 Å². The summed E-state index contributed by atoms with van der Waals surface area (Å²) >= 11 is 0. The van der Waals surface area contributed by atoms with E-state index in [-0.39, 0.29) is 23.7 Å². The minimum Gasteiger partial charge on any atom is -0.361 e. The highest BCUT2D eigenvalue weighted by Crippen LogP contribution is 2.57. The summed E-state index contributed by atoms with van der Waals surface area (Å²) in [7, 11) is 0. The van der Waals surface area contributed by atoms with Crippen LogP contribution in [0.2, 0.25) is 0 Å². The molecule has 0 aromatic heterocycles. The van der Waals surface area contributed by atoms with E-state index in [1.165, 1.54) is 33.4 Å². The zero-order chi connectivity index (χ0) is 37.9. The fourth-order valence-electron chi connectivity index (χ4n) is 8.79. The van der Waals surface area contributed by atoms with Gasteiger partial charge in [-0.3, -0.25) is 0 Å². The molecule has 2 N–H and O–H groups in total. The first-order valence-corrected chi connectivity index (χ1v) is 19.6. The van der Waals surface area contributed by atoms with Crippen LogP contribution < -0.4 is 10.4 Å². The normalized spacial score (nSPS) is 15.4. The van der Waals surface area contributed by atoms with Gasteiger partial charge in [0.1, 0.15) is 0 Å². The van der Waals surface area contributed by atoms with E-state index >= 15 is 0 Å². The van der Waals surface area contributed by atoms with Crippen molar-refractivity contribution in [1.29, 1.82) is 0 Å². The smallest absolute Gasteiger partial charge is 0.209 e. The molecule has 0 heterocycles. The SMILES string of the molecule is CC(C)c1cc(C(C)C)c(C2(c3c(C(C)C)cc(C(C)C)cc3C(C)C)C=c3ccccc3=C(c3cccc4ccccc34)C2(O)O)c(C(C)C)c1. The molecule has 5 aromatic carbocycles. The molecule has 0 bridgehead atoms. The molecule has 1 aliphatic carbocycles. The molecule has 2 heteroatoms. The predicted molar refractivity (Wildman–Crippen MR) is 222 cm³/mol. The first kappa shape index (κ1) is 37.8. The van der Waals surface area contributed by atoms with Gasteiger partial charge in [-0.2, -0.15) is 0 Å². The van der Waals surface area contributed by atoms with E-state index < -0.39 is 11.2 Å². The van der Waals surface area contributed by atoms with Gasteiger partial charge < -0.3 is 10.2 Å². The maximum absolute atomic E-state index is 14.0. The van der Waals surface area contributed by atoms with E-state index in [0.717, 1.165) is 37.9 Å². The lowest BCUT2D eigenvalue weighted by Gasteiger charge is -2.50. The molecule has 0 aliphatic heterocycles. The molecule has 0 saturated carbocycles. The predicted octanol–water partition coefficient (Wildman–Crippen LogP) is 11.2. The summed E-state index contributed by atoms with van der Waals surface area (Å²) in [5.41, 5.74) is 9.35. The molecular formula is C50H60O2. The third-order valence-electron chi connectivity index (χ3n) is 11.6. The summed E-state index contributed by atoms with van der Waals surface area (Å²) in [4.78, 5) is 0. The minimum absolute atomic E-state index is 0.130. The quantitative estimate of drug-likeness (QED) is 0.151. The summed E-state index contributed by atoms with van der Waals surface area (Å²) in [5.74, 6) is -1.19. The molecular weight excluding hydrogens is 633 g/mol. The third-order valence-corrected chi connectivity index (χ3v) is 11.6. The molecule has 2 nitrogen and oxygen atoms in total. The van der Waals surface area contributed by atoms with Crippen LogP contribution in [-0.4, -0.2) is 16.0 Å². The molecule has 6 rings (SSSR count). The summed E-state index contributed by atoms with van der Waals surface area (Å²) in [5, 5.41) is 31.9. The monoisotopic (exact) mass is 692 g/mol. The Kier molecular flexibility index (Phi) is 10.2. The van der Waals surface area contributed by atoms with Crippen molar-refractivity contribution in [2.24, 2.45) is 0 Å². The summed E-state index contributed by atoms with van der Waals surface area (Å²) in [6.45, 7) is 27.1. The Morgan fingerprint density at radius 3 is 1.35 bits per heavy atom. The van der Waals surface area contributed by atoms with E-state index in [2.05, 4.69) is 168 Å². The second-order valence-electron chi connectivity index (χ2n) is 17.2. The van der Waals surface area contributed by atoms with Gasteiger partial charge in [-0.15, -0.1) is 0 Å². The number of hydrogen-bond acceptors (Lipinski definition) is 2. The van der Waals surface area contributed by atoms with Crippen molar-refractivity contribution in [1.82, 2.24) is 0 Å². The van der Waals surface area contributed by atoms with Crippen LogP contribution in [0, 0.1) is 0 Å². The van der Waals surface area contributed by atoms with Crippen molar-refractivity contribution in [3.63, 3.8) is 0 Å². The first-order valence-electron chi connectivity index (χ1n) is 19.6. The fourth-order valence-corrected chi connectivity index (χ4v) is 8.79. The Labute approximate surface area is 313 Å². The molecule has 52 heavy (non-hydrogen) atoms. The molecule has 0 saturated heterocycles. The van der Waals surface area contributed by atoms with Gasteiger partial charge in [0.25, 0.3) is 0 Å². The van der Waals surface area contributed by atoms with Crippen LogP contribution in [-0.2, 0) is 5.41 Å². The lowest BCUT2D eigenvalue weighted by Crippen LogP contribution is -2.60. The van der Waals surface area contributed by atoms with Gasteiger partial charge in [-0.05, 0) is 107 Å². The molecule has 5 aromatic rings. The van der Waals surface area contributed by atoms with Gasteiger partial charge >= 0.3 is 0 Å². The van der Waals surface area contributed by atoms with Crippen LogP contribution in [0.25, 0.3) is 22.4 Å². The highest BCUT2D eigenvalue weighted by atomic mass is 16.5. The second kappa shape index (κ2) is 14.1. The van der Waals surface area contributed by atoms with Crippen LogP contribution in [0.4, 0.5) is 0 Å². The zero-order valence-electron chi connectivity index (χ0n) is 33.6. The molecule has 272 valence electrons. The van der Waals surface area contributed by atoms with Crippen molar-refractivity contribution in [2.75, 3.05) is 0 Å². The highest BCUT2D eigenvalue weighted by Gasteiger charge is 2.58. The number of rotatable bonds is 9. The second-order valence-corrected chi connectivity index (χ2v) is 17.2. The Balaban J connectivity index is 1.98. The topological polar surface area (TPSA) is 40.5 Å². The van der Waals surface area contributed by atoms with Crippen molar-refractivity contribution in [2.45, 2.75) is 130 Å². The van der Waals surface area contributed by atoms with Crippen molar-refractivity contribution < 1.29 is 10.2 Å². The van der Waals surface area contributed by atoms with Gasteiger partial charge in [0, 0.05) is 5.57 Å². The van der Waals surface area contributed by atoms with Crippen LogP contribution in [0.5, 0.6) is 0 Å². The van der Waals surface area contributed by atoms with Crippen LogP contribution in [0.15, 0.2) is 91.0 Å². The molecule has 0 amide bonds. The minimum atomic E-state index is -2.36. The average molecular weight is 693 g/mol. The van der Waals surface area contributed by atoms with Gasteiger partial charge in [-0.1, -0.05) is 180 Å². The summed E-state index contributed by atoms with van der Waals surface area (Å²) < 4.78 is 0. The van der Waals surface area contributed by atoms with E-state index in [9.17, 15) is 10.2 Å². The first-order chi connectivity index (χ1) is 24.5. The van der Waals surface area contributed by atoms with Gasteiger partial charge in [0.15, 0.2) is 0 Å². The van der Waals surface area contributed by atoms with Gasteiger partial charge in [0.2, 0.25) is 5.79 Å². The number of fused-ring (bicyclic) bond motifs is 2. The van der Waals surface area contributed by atoms with Crippen molar-refractivity contribution in [3.05, 3.63) is 152 Å². The number of benzene rings is 5. The van der Waals surface area contributed by atoms with Crippen molar-refractivity contribution >= 4 is 22.4 Å². The Morgan fingerprint density at radius 1 is 0.462 bits per heavy atom. The van der Waals surface area contributed by atoms with Crippen LogP contribution in [0.1, 0.15) is 169 Å². The van der Waals surface area contributed by atoms with Gasteiger partial charge in [-0.25, -0.2) is 0 Å². The molecule has 0 fully saturated rings. The standard InChI is InChI=1S/C50H60O2/c1-29(2)37-24-42(31(5)6)46(43(25-37)32(7)8)49(47-44(33(9)10)26-38(30(3)4)27-45(47)34(11)12)28-36-19-14-16-22-40(36)48(50(49,51)52)41-23-17-20-35-18-13-15-21-39(35)41/h13-34,51-52H,1-12H3. The number of hydrogen-bond donors (Lipinski definition) is 2. The molecule has 0 radical (unpaired) electrons. The summed E-state index contributed by atoms with van der Waals surface area (Å²) in [6.07, 6.45) is 2.25. The van der Waals surface area contributed by atoms with Gasteiger partial charge in [0.05, 0.1) is 5.41 Å².